The Balaban J connectivity index is 2.05. The molecule has 0 aromatic carbocycles. The lowest BCUT2D eigenvalue weighted by atomic mass is 9.88. The van der Waals surface area contributed by atoms with Gasteiger partial charge in [-0.05, 0) is 49.4 Å². The number of rotatable bonds is 6. The first-order valence-corrected chi connectivity index (χ1v) is 9.70. The number of nitrogens with two attached hydrogens (primary N) is 1. The molecule has 0 saturated carbocycles. The standard InChI is InChI=1S/C17H25N3O2S2/c1-3-4-5-6-13(21)19-17(23)20-16-14(15(18)22)11-8-7-10(2)9-12(11)24-16/h10H,3-9H2,1-2H3,(H2,18,22)(H2,19,20,21,23)/t10-/m0/s1. The second kappa shape index (κ2) is 8.58. The molecule has 132 valence electrons. The second-order valence-electron chi connectivity index (χ2n) is 6.38. The number of nitrogens with one attached hydrogen (secondary N) is 2. The van der Waals surface area contributed by atoms with E-state index < -0.39 is 5.91 Å². The fraction of sp³-hybridized carbons (Fsp3) is 0.588. The van der Waals surface area contributed by atoms with Crippen molar-refractivity contribution in [2.45, 2.75) is 58.8 Å². The zero-order valence-corrected chi connectivity index (χ0v) is 15.9. The maximum Gasteiger partial charge on any atom is 0.251 e. The van der Waals surface area contributed by atoms with Crippen molar-refractivity contribution in [3.63, 3.8) is 0 Å². The van der Waals surface area contributed by atoms with Crippen LogP contribution in [-0.2, 0) is 17.6 Å². The summed E-state index contributed by atoms with van der Waals surface area (Å²) < 4.78 is 0. The van der Waals surface area contributed by atoms with Crippen LogP contribution in [0.1, 0.15) is 66.8 Å². The number of thiophene rings is 1. The molecule has 1 heterocycles. The van der Waals surface area contributed by atoms with Crippen LogP contribution in [0.15, 0.2) is 0 Å². The Labute approximate surface area is 152 Å². The first-order chi connectivity index (χ1) is 11.4. The van der Waals surface area contributed by atoms with Crippen LogP contribution in [0.25, 0.3) is 0 Å². The molecule has 0 bridgehead atoms. The van der Waals surface area contributed by atoms with Crippen molar-refractivity contribution in [2.24, 2.45) is 11.7 Å². The van der Waals surface area contributed by atoms with Crippen LogP contribution in [0.3, 0.4) is 0 Å². The van der Waals surface area contributed by atoms with Gasteiger partial charge in [0.25, 0.3) is 5.91 Å². The molecule has 0 spiro atoms. The minimum atomic E-state index is -0.443. The summed E-state index contributed by atoms with van der Waals surface area (Å²) in [7, 11) is 0. The molecule has 1 atom stereocenters. The third-order valence-electron chi connectivity index (χ3n) is 4.25. The molecule has 0 unspecified atom stereocenters. The van der Waals surface area contributed by atoms with Crippen LogP contribution in [-0.4, -0.2) is 16.9 Å². The third kappa shape index (κ3) is 4.77. The molecule has 0 saturated heterocycles. The number of carbonyl (C=O) groups is 2. The number of anilines is 1. The van der Waals surface area contributed by atoms with E-state index in [1.54, 1.807) is 0 Å². The smallest absolute Gasteiger partial charge is 0.251 e. The van der Waals surface area contributed by atoms with Crippen LogP contribution >= 0.6 is 23.6 Å². The van der Waals surface area contributed by atoms with Crippen LogP contribution in [0.2, 0.25) is 0 Å². The van der Waals surface area contributed by atoms with Crippen molar-refractivity contribution in [2.75, 3.05) is 5.32 Å². The summed E-state index contributed by atoms with van der Waals surface area (Å²) in [5.74, 6) is 0.0630. The van der Waals surface area contributed by atoms with Gasteiger partial charge in [0.15, 0.2) is 5.11 Å². The lowest BCUT2D eigenvalue weighted by Crippen LogP contribution is -2.34. The normalized spacial score (nSPS) is 16.3. The van der Waals surface area contributed by atoms with E-state index in [9.17, 15) is 9.59 Å². The number of unbranched alkanes of at least 4 members (excludes halogenated alkanes) is 2. The molecule has 0 radical (unpaired) electrons. The second-order valence-corrected chi connectivity index (χ2v) is 7.89. The number of primary amides is 1. The zero-order chi connectivity index (χ0) is 17.7. The molecule has 7 heteroatoms. The molecular weight excluding hydrogens is 342 g/mol. The summed E-state index contributed by atoms with van der Waals surface area (Å²) >= 11 is 6.73. The minimum absolute atomic E-state index is 0.100. The van der Waals surface area contributed by atoms with E-state index in [1.807, 2.05) is 0 Å². The van der Waals surface area contributed by atoms with Gasteiger partial charge in [0.2, 0.25) is 5.91 Å². The van der Waals surface area contributed by atoms with E-state index in [1.165, 1.54) is 16.2 Å². The molecule has 2 amide bonds. The molecule has 0 fully saturated rings. The predicted molar refractivity (Wildman–Crippen MR) is 103 cm³/mol. The molecule has 5 nitrogen and oxygen atoms in total. The van der Waals surface area contributed by atoms with E-state index in [-0.39, 0.29) is 11.0 Å². The van der Waals surface area contributed by atoms with Gasteiger partial charge in [0.05, 0.1) is 5.56 Å². The van der Waals surface area contributed by atoms with Gasteiger partial charge in [-0.2, -0.15) is 0 Å². The zero-order valence-electron chi connectivity index (χ0n) is 14.2. The SMILES string of the molecule is CCCCCC(=O)NC(=S)Nc1sc2c(c1C(N)=O)CC[C@H](C)C2. The molecule has 1 aromatic rings. The Hall–Kier alpha value is -1.47. The van der Waals surface area contributed by atoms with Crippen molar-refractivity contribution in [1.29, 1.82) is 0 Å². The maximum absolute atomic E-state index is 11.9. The Morgan fingerprint density at radius 2 is 2.12 bits per heavy atom. The minimum Gasteiger partial charge on any atom is -0.365 e. The van der Waals surface area contributed by atoms with E-state index in [0.29, 0.717) is 22.9 Å². The molecular formula is C17H25N3O2S2. The van der Waals surface area contributed by atoms with Crippen LogP contribution < -0.4 is 16.4 Å². The van der Waals surface area contributed by atoms with Gasteiger partial charge in [-0.1, -0.05) is 26.7 Å². The van der Waals surface area contributed by atoms with Crippen molar-refractivity contribution < 1.29 is 9.59 Å². The van der Waals surface area contributed by atoms with Gasteiger partial charge >= 0.3 is 0 Å². The molecule has 1 aliphatic rings. The quantitative estimate of drug-likeness (QED) is 0.532. The summed E-state index contributed by atoms with van der Waals surface area (Å²) in [6.07, 6.45) is 6.27. The number of amides is 2. The summed E-state index contributed by atoms with van der Waals surface area (Å²) in [6.45, 7) is 4.30. The lowest BCUT2D eigenvalue weighted by Gasteiger charge is -2.18. The van der Waals surface area contributed by atoms with Crippen molar-refractivity contribution in [3.8, 4) is 0 Å². The summed E-state index contributed by atoms with van der Waals surface area (Å²) in [5.41, 5.74) is 7.15. The predicted octanol–water partition coefficient (Wildman–Crippen LogP) is 3.37. The Bertz CT molecular complexity index is 640. The Morgan fingerprint density at radius 1 is 1.38 bits per heavy atom. The van der Waals surface area contributed by atoms with Crippen LogP contribution in [0.5, 0.6) is 0 Å². The first-order valence-electron chi connectivity index (χ1n) is 8.47. The van der Waals surface area contributed by atoms with Crippen molar-refractivity contribution in [3.05, 3.63) is 16.0 Å². The van der Waals surface area contributed by atoms with Gasteiger partial charge < -0.3 is 16.4 Å². The number of thiocarbonyl (C=S) groups is 1. The van der Waals surface area contributed by atoms with E-state index in [4.69, 9.17) is 18.0 Å². The molecule has 24 heavy (non-hydrogen) atoms. The van der Waals surface area contributed by atoms with Gasteiger partial charge in [-0.3, -0.25) is 9.59 Å². The molecule has 4 N–H and O–H groups in total. The number of fused-ring (bicyclic) bond motifs is 1. The third-order valence-corrected chi connectivity index (χ3v) is 5.62. The maximum atomic E-state index is 11.9. The molecule has 0 aliphatic heterocycles. The highest BCUT2D eigenvalue weighted by atomic mass is 32.1. The van der Waals surface area contributed by atoms with E-state index in [2.05, 4.69) is 24.5 Å². The average Bonchev–Trinajstić information content (AvgIpc) is 2.84. The molecule has 1 aliphatic carbocycles. The number of hydrogen-bond donors (Lipinski definition) is 3. The van der Waals surface area contributed by atoms with Gasteiger partial charge in [0.1, 0.15) is 5.00 Å². The van der Waals surface area contributed by atoms with Gasteiger partial charge in [-0.25, -0.2) is 0 Å². The van der Waals surface area contributed by atoms with Gasteiger partial charge in [0, 0.05) is 11.3 Å². The van der Waals surface area contributed by atoms with Gasteiger partial charge in [-0.15, -0.1) is 11.3 Å². The summed E-state index contributed by atoms with van der Waals surface area (Å²) in [6, 6.07) is 0. The fourth-order valence-corrected chi connectivity index (χ4v) is 4.66. The average molecular weight is 368 g/mol. The highest BCUT2D eigenvalue weighted by Gasteiger charge is 2.26. The topological polar surface area (TPSA) is 84.2 Å². The fourth-order valence-electron chi connectivity index (χ4n) is 2.96. The monoisotopic (exact) mass is 367 g/mol. The first kappa shape index (κ1) is 18.9. The number of carbonyl (C=O) groups excluding carboxylic acids is 2. The van der Waals surface area contributed by atoms with Crippen LogP contribution in [0.4, 0.5) is 5.00 Å². The summed E-state index contributed by atoms with van der Waals surface area (Å²) in [5, 5.41) is 6.56. The lowest BCUT2D eigenvalue weighted by molar-refractivity contribution is -0.119. The largest absolute Gasteiger partial charge is 0.365 e. The summed E-state index contributed by atoms with van der Waals surface area (Å²) in [4.78, 5) is 24.9. The highest BCUT2D eigenvalue weighted by Crippen LogP contribution is 2.39. The highest BCUT2D eigenvalue weighted by molar-refractivity contribution is 7.80. The van der Waals surface area contributed by atoms with Crippen molar-refractivity contribution in [1.82, 2.24) is 5.32 Å². The Morgan fingerprint density at radius 3 is 2.79 bits per heavy atom. The molecule has 1 aromatic heterocycles. The number of hydrogen-bond acceptors (Lipinski definition) is 4. The molecule has 2 rings (SSSR count). The Kier molecular flexibility index (Phi) is 6.74. The van der Waals surface area contributed by atoms with Crippen molar-refractivity contribution >= 4 is 45.5 Å². The van der Waals surface area contributed by atoms with E-state index >= 15 is 0 Å². The van der Waals surface area contributed by atoms with Crippen LogP contribution in [0, 0.1) is 5.92 Å². The van der Waals surface area contributed by atoms with E-state index in [0.717, 1.165) is 44.1 Å².